The molecule has 0 atom stereocenters. The van der Waals surface area contributed by atoms with Crippen molar-refractivity contribution >= 4 is 17.7 Å². The van der Waals surface area contributed by atoms with Crippen LogP contribution in [0.2, 0.25) is 0 Å². The highest BCUT2D eigenvalue weighted by molar-refractivity contribution is 6.18. The summed E-state index contributed by atoms with van der Waals surface area (Å²) >= 11 is 0. The van der Waals surface area contributed by atoms with Crippen LogP contribution in [0, 0.1) is 10.1 Å². The Kier molecular flexibility index (Phi) is 5.18. The van der Waals surface area contributed by atoms with Gasteiger partial charge in [-0.3, -0.25) is 10.1 Å². The largest absolute Gasteiger partial charge is 0.465 e. The molecule has 0 heterocycles. The fraction of sp³-hybridized carbons (Fsp3) is 0.286. The van der Waals surface area contributed by atoms with Crippen molar-refractivity contribution in [2.75, 3.05) is 7.11 Å². The molecular weight excluding hydrogens is 220 g/mol. The molecule has 0 aromatic rings. The van der Waals surface area contributed by atoms with E-state index >= 15 is 0 Å². The van der Waals surface area contributed by atoms with E-state index in [1.165, 1.54) is 6.92 Å². The predicted octanol–water partition coefficient (Wildman–Crippen LogP) is -0.636. The van der Waals surface area contributed by atoms with Crippen molar-refractivity contribution in [1.29, 1.82) is 0 Å². The molecule has 0 aliphatic carbocycles. The van der Waals surface area contributed by atoms with Gasteiger partial charge in [-0.1, -0.05) is 0 Å². The Bertz CT molecular complexity index is 373. The number of rotatable bonds is 4. The fourth-order valence-corrected chi connectivity index (χ4v) is 0.708. The number of hydrogen-bond donors (Lipinski definition) is 2. The lowest BCUT2D eigenvalue weighted by molar-refractivity contribution is -0.402. The quantitative estimate of drug-likeness (QED) is 0.217. The number of carbonyl (C=O) groups is 2. The molecular formula is C7H10N4O5. The van der Waals surface area contributed by atoms with Crippen LogP contribution in [0.25, 0.3) is 0 Å². The summed E-state index contributed by atoms with van der Waals surface area (Å²) < 4.78 is 4.30. The van der Waals surface area contributed by atoms with Crippen molar-refractivity contribution in [3.8, 4) is 0 Å². The molecule has 0 radical (unpaired) electrons. The van der Waals surface area contributed by atoms with Gasteiger partial charge in [0.2, 0.25) is 0 Å². The lowest BCUT2D eigenvalue weighted by Crippen LogP contribution is -2.26. The Morgan fingerprint density at radius 1 is 1.56 bits per heavy atom. The van der Waals surface area contributed by atoms with Gasteiger partial charge in [0.25, 0.3) is 6.20 Å². The van der Waals surface area contributed by atoms with E-state index in [1.54, 1.807) is 0 Å². The van der Waals surface area contributed by atoms with Crippen LogP contribution < -0.4 is 11.2 Å². The van der Waals surface area contributed by atoms with Crippen LogP contribution in [-0.4, -0.2) is 29.7 Å². The Balaban J connectivity index is 5.05. The van der Waals surface area contributed by atoms with E-state index in [-0.39, 0.29) is 11.3 Å². The topological polar surface area (TPSA) is 137 Å². The number of nitrogens with zero attached hydrogens (tertiary/aromatic N) is 2. The number of primary amides is 1. The third-order valence-electron chi connectivity index (χ3n) is 1.36. The zero-order valence-corrected chi connectivity index (χ0v) is 8.59. The number of carbonyl (C=O) groups excluding carboxylic acids is 2. The summed E-state index contributed by atoms with van der Waals surface area (Å²) in [5.74, 6) is -0.941. The molecule has 0 saturated carbocycles. The van der Waals surface area contributed by atoms with Crippen molar-refractivity contribution < 1.29 is 19.2 Å². The number of amides is 2. The van der Waals surface area contributed by atoms with Crippen molar-refractivity contribution in [2.45, 2.75) is 6.92 Å². The second-order valence-corrected chi connectivity index (χ2v) is 2.49. The third-order valence-corrected chi connectivity index (χ3v) is 1.36. The second kappa shape index (κ2) is 6.11. The molecule has 2 amide bonds. The van der Waals surface area contributed by atoms with Gasteiger partial charge in [-0.2, -0.15) is 5.10 Å². The first-order valence-electron chi connectivity index (χ1n) is 3.92. The summed E-state index contributed by atoms with van der Waals surface area (Å²) in [6.07, 6.45) is 0.424. The number of nitrogens with two attached hydrogens (primary N) is 1. The molecule has 3 N–H and O–H groups in total. The highest BCUT2D eigenvalue weighted by Crippen LogP contribution is 2.01. The number of hydrogen-bond acceptors (Lipinski definition) is 6. The van der Waals surface area contributed by atoms with Gasteiger partial charge < -0.3 is 10.5 Å². The van der Waals surface area contributed by atoms with Crippen molar-refractivity contribution in [3.63, 3.8) is 0 Å². The smallest absolute Gasteiger partial charge is 0.346 e. The van der Waals surface area contributed by atoms with E-state index in [4.69, 9.17) is 5.73 Å². The van der Waals surface area contributed by atoms with Gasteiger partial charge in [0.15, 0.2) is 5.57 Å². The molecule has 0 spiro atoms. The molecule has 0 aromatic heterocycles. The van der Waals surface area contributed by atoms with Crippen LogP contribution in [0.5, 0.6) is 0 Å². The highest BCUT2D eigenvalue weighted by Gasteiger charge is 2.17. The van der Waals surface area contributed by atoms with Gasteiger partial charge in [0.1, 0.15) is 0 Å². The molecule has 0 bridgehead atoms. The SMILES string of the molecule is COC(=O)C(=C\[N+](=O)[O-])/C(C)=N/NC(N)=O. The van der Waals surface area contributed by atoms with E-state index in [2.05, 4.69) is 9.84 Å². The molecule has 0 aliphatic rings. The summed E-state index contributed by atoms with van der Waals surface area (Å²) in [5, 5.41) is 13.6. The minimum absolute atomic E-state index is 0.0950. The van der Waals surface area contributed by atoms with Crippen molar-refractivity contribution in [3.05, 3.63) is 21.9 Å². The average Bonchev–Trinajstić information content (AvgIpc) is 2.21. The molecule has 88 valence electrons. The summed E-state index contributed by atoms with van der Waals surface area (Å²) in [6, 6.07) is -0.954. The minimum Gasteiger partial charge on any atom is -0.465 e. The summed E-state index contributed by atoms with van der Waals surface area (Å²) in [5.41, 5.74) is 6.07. The highest BCUT2D eigenvalue weighted by atomic mass is 16.6. The number of hydrazone groups is 1. The van der Waals surface area contributed by atoms with E-state index in [0.29, 0.717) is 6.20 Å². The van der Waals surface area contributed by atoms with Crippen LogP contribution in [0.1, 0.15) is 6.92 Å². The number of nitro groups is 1. The lowest BCUT2D eigenvalue weighted by Gasteiger charge is -2.01. The summed E-state index contributed by atoms with van der Waals surface area (Å²) in [6.45, 7) is 1.28. The molecule has 16 heavy (non-hydrogen) atoms. The van der Waals surface area contributed by atoms with Crippen LogP contribution >= 0.6 is 0 Å². The normalized spacial score (nSPS) is 11.9. The standard InChI is InChI=1S/C7H10N4O5/c1-4(9-10-7(8)13)5(3-11(14)15)6(12)16-2/h3H,1-2H3,(H3,8,10,13)/b5-3-,9-4+. The molecule has 9 nitrogen and oxygen atoms in total. The molecule has 0 aromatic carbocycles. The molecule has 0 saturated heterocycles. The average molecular weight is 230 g/mol. The number of esters is 1. The summed E-state index contributed by atoms with van der Waals surface area (Å²) in [7, 11) is 1.06. The molecule has 0 fully saturated rings. The Morgan fingerprint density at radius 2 is 2.12 bits per heavy atom. The zero-order valence-electron chi connectivity index (χ0n) is 8.59. The van der Waals surface area contributed by atoms with E-state index in [1.807, 2.05) is 5.43 Å². The van der Waals surface area contributed by atoms with Crippen LogP contribution in [-0.2, 0) is 9.53 Å². The van der Waals surface area contributed by atoms with Gasteiger partial charge in [-0.05, 0) is 6.92 Å². The van der Waals surface area contributed by atoms with Crippen LogP contribution in [0.3, 0.4) is 0 Å². The third kappa shape index (κ3) is 4.69. The van der Waals surface area contributed by atoms with Crippen molar-refractivity contribution in [2.24, 2.45) is 10.8 Å². The summed E-state index contributed by atoms with van der Waals surface area (Å²) in [4.78, 5) is 30.8. The zero-order chi connectivity index (χ0) is 12.7. The number of nitrogens with one attached hydrogen (secondary N) is 1. The second-order valence-electron chi connectivity index (χ2n) is 2.49. The number of urea groups is 1. The van der Waals surface area contributed by atoms with Gasteiger partial charge in [-0.15, -0.1) is 0 Å². The maximum Gasteiger partial charge on any atom is 0.346 e. The van der Waals surface area contributed by atoms with E-state index in [9.17, 15) is 19.7 Å². The first kappa shape index (κ1) is 13.5. The van der Waals surface area contributed by atoms with Crippen LogP contribution in [0.4, 0.5) is 4.79 Å². The lowest BCUT2D eigenvalue weighted by atomic mass is 10.2. The van der Waals surface area contributed by atoms with E-state index < -0.39 is 16.9 Å². The Morgan fingerprint density at radius 3 is 2.50 bits per heavy atom. The Hall–Kier alpha value is -2.45. The predicted molar refractivity (Wildman–Crippen MR) is 52.9 cm³/mol. The number of methoxy groups -OCH3 is 1. The Labute approximate surface area is 90.1 Å². The molecule has 0 rings (SSSR count). The van der Waals surface area contributed by atoms with Gasteiger partial charge in [0.05, 0.1) is 17.7 Å². The first-order chi connectivity index (χ1) is 7.38. The van der Waals surface area contributed by atoms with Crippen molar-refractivity contribution in [1.82, 2.24) is 5.43 Å². The van der Waals surface area contributed by atoms with E-state index in [0.717, 1.165) is 7.11 Å². The first-order valence-corrected chi connectivity index (χ1v) is 3.92. The number of ether oxygens (including phenoxy) is 1. The maximum absolute atomic E-state index is 11.1. The molecule has 9 heteroatoms. The van der Waals surface area contributed by atoms with Gasteiger partial charge in [0, 0.05) is 0 Å². The molecule has 0 unspecified atom stereocenters. The van der Waals surface area contributed by atoms with Gasteiger partial charge in [-0.25, -0.2) is 15.0 Å². The van der Waals surface area contributed by atoms with Crippen LogP contribution in [0.15, 0.2) is 16.9 Å². The minimum atomic E-state index is -0.954. The molecule has 0 aliphatic heterocycles. The maximum atomic E-state index is 11.1. The monoisotopic (exact) mass is 230 g/mol. The fourth-order valence-electron chi connectivity index (χ4n) is 0.708. The van der Waals surface area contributed by atoms with Gasteiger partial charge >= 0.3 is 12.0 Å².